The molecule has 0 N–H and O–H groups in total. The Morgan fingerprint density at radius 3 is 2.81 bits per heavy atom. The number of benzene rings is 1. The summed E-state index contributed by atoms with van der Waals surface area (Å²) in [6.45, 7) is 3.42. The first kappa shape index (κ1) is 15.7. The Morgan fingerprint density at radius 2 is 1.96 bits per heavy atom. The van der Waals surface area contributed by atoms with Crippen molar-refractivity contribution in [2.24, 2.45) is 0 Å². The fraction of sp³-hybridized carbons (Fsp3) is 0.409. The second kappa shape index (κ2) is 6.35. The Bertz CT molecular complexity index is 943. The molecule has 3 heterocycles. The van der Waals surface area contributed by atoms with Crippen LogP contribution in [0.2, 0.25) is 0 Å². The zero-order valence-corrected chi connectivity index (χ0v) is 15.2. The zero-order valence-electron chi connectivity index (χ0n) is 15.2. The Labute approximate surface area is 154 Å². The number of anilines is 1. The maximum absolute atomic E-state index is 5.03. The summed E-state index contributed by atoms with van der Waals surface area (Å²) in [4.78, 5) is 16.7. The van der Waals surface area contributed by atoms with Crippen LogP contribution in [0.4, 0.5) is 5.82 Å². The quantitative estimate of drug-likeness (QED) is 0.674. The number of fused-ring (bicyclic) bond motifs is 1. The maximum atomic E-state index is 5.03. The van der Waals surface area contributed by atoms with Crippen LogP contribution in [-0.4, -0.2) is 27.5 Å². The van der Waals surface area contributed by atoms with Gasteiger partial charge in [0.15, 0.2) is 5.82 Å². The van der Waals surface area contributed by atoms with Crippen LogP contribution < -0.4 is 4.90 Å². The van der Waals surface area contributed by atoms with Gasteiger partial charge < -0.3 is 4.90 Å². The average molecular weight is 344 g/mol. The van der Waals surface area contributed by atoms with E-state index in [1.54, 1.807) is 0 Å². The van der Waals surface area contributed by atoms with E-state index in [1.165, 1.54) is 43.2 Å². The third-order valence-electron chi connectivity index (χ3n) is 5.75. The van der Waals surface area contributed by atoms with E-state index in [2.05, 4.69) is 47.1 Å². The molecule has 2 fully saturated rings. The van der Waals surface area contributed by atoms with Crippen LogP contribution in [0.15, 0.2) is 42.7 Å². The third-order valence-corrected chi connectivity index (χ3v) is 5.75. The van der Waals surface area contributed by atoms with Crippen LogP contribution in [0.25, 0.3) is 22.2 Å². The molecule has 1 aromatic carbocycles. The van der Waals surface area contributed by atoms with Crippen molar-refractivity contribution in [3.63, 3.8) is 0 Å². The molecule has 1 saturated heterocycles. The van der Waals surface area contributed by atoms with Crippen LogP contribution in [0.3, 0.4) is 0 Å². The third kappa shape index (κ3) is 2.83. The molecule has 1 aliphatic carbocycles. The number of piperidine rings is 1. The van der Waals surface area contributed by atoms with Gasteiger partial charge in [-0.15, -0.1) is 0 Å². The minimum atomic E-state index is 0.551. The van der Waals surface area contributed by atoms with Crippen molar-refractivity contribution in [2.45, 2.75) is 51.0 Å². The van der Waals surface area contributed by atoms with Gasteiger partial charge in [-0.25, -0.2) is 9.97 Å². The lowest BCUT2D eigenvalue weighted by Crippen LogP contribution is -2.38. The summed E-state index contributed by atoms with van der Waals surface area (Å²) in [7, 11) is 0. The highest BCUT2D eigenvalue weighted by molar-refractivity contribution is 5.94. The summed E-state index contributed by atoms with van der Waals surface area (Å²) >= 11 is 0. The van der Waals surface area contributed by atoms with Gasteiger partial charge in [-0.1, -0.05) is 18.2 Å². The van der Waals surface area contributed by atoms with Crippen LogP contribution in [0, 0.1) is 0 Å². The largest absolute Gasteiger partial charge is 0.354 e. The van der Waals surface area contributed by atoms with Crippen molar-refractivity contribution >= 4 is 16.6 Å². The number of rotatable bonds is 3. The highest BCUT2D eigenvalue weighted by atomic mass is 15.2. The lowest BCUT2D eigenvalue weighted by molar-refractivity contribution is 0.481. The molecule has 0 amide bonds. The second-order valence-corrected chi connectivity index (χ2v) is 7.69. The van der Waals surface area contributed by atoms with E-state index >= 15 is 0 Å². The second-order valence-electron chi connectivity index (χ2n) is 7.69. The van der Waals surface area contributed by atoms with Gasteiger partial charge in [0.05, 0.1) is 0 Å². The molecule has 0 radical (unpaired) electrons. The van der Waals surface area contributed by atoms with Gasteiger partial charge in [-0.05, 0) is 50.5 Å². The average Bonchev–Trinajstić information content (AvgIpc) is 3.53. The first-order valence-electron chi connectivity index (χ1n) is 9.78. The number of hydrogen-bond acceptors (Lipinski definition) is 4. The monoisotopic (exact) mass is 344 g/mol. The van der Waals surface area contributed by atoms with E-state index in [0.717, 1.165) is 29.1 Å². The van der Waals surface area contributed by atoms with Crippen molar-refractivity contribution in [3.8, 4) is 11.4 Å². The van der Waals surface area contributed by atoms with Crippen LogP contribution in [-0.2, 0) is 0 Å². The molecule has 0 bridgehead atoms. The Morgan fingerprint density at radius 1 is 1.04 bits per heavy atom. The Balaban J connectivity index is 1.66. The summed E-state index contributed by atoms with van der Waals surface area (Å²) in [5, 5.41) is 2.31. The fourth-order valence-electron chi connectivity index (χ4n) is 4.06. The molecule has 3 aromatic rings. The van der Waals surface area contributed by atoms with Gasteiger partial charge >= 0.3 is 0 Å². The summed E-state index contributed by atoms with van der Waals surface area (Å²) in [5.41, 5.74) is 2.33. The summed E-state index contributed by atoms with van der Waals surface area (Å²) in [6, 6.07) is 11.2. The van der Waals surface area contributed by atoms with Gasteiger partial charge in [0.1, 0.15) is 5.82 Å². The molecule has 132 valence electrons. The van der Waals surface area contributed by atoms with Gasteiger partial charge in [0.25, 0.3) is 0 Å². The van der Waals surface area contributed by atoms with Gasteiger partial charge in [0, 0.05) is 53.6 Å². The molecule has 26 heavy (non-hydrogen) atoms. The topological polar surface area (TPSA) is 41.9 Å². The van der Waals surface area contributed by atoms with E-state index in [4.69, 9.17) is 9.97 Å². The van der Waals surface area contributed by atoms with Crippen molar-refractivity contribution < 1.29 is 0 Å². The summed E-state index contributed by atoms with van der Waals surface area (Å²) < 4.78 is 0. The van der Waals surface area contributed by atoms with E-state index in [9.17, 15) is 0 Å². The smallest absolute Gasteiger partial charge is 0.162 e. The summed E-state index contributed by atoms with van der Waals surface area (Å²) in [5.74, 6) is 2.58. The first-order chi connectivity index (χ1) is 12.8. The Hall–Kier alpha value is -2.49. The molecular formula is C22H24N4. The van der Waals surface area contributed by atoms with E-state index < -0.39 is 0 Å². The maximum Gasteiger partial charge on any atom is 0.162 e. The molecule has 4 nitrogen and oxygen atoms in total. The van der Waals surface area contributed by atoms with Crippen molar-refractivity contribution in [1.29, 1.82) is 0 Å². The standard InChI is InChI=1S/C22H24N4/c1-15-5-2-3-12-26(15)21-13-20(16-8-9-16)24-22(25-21)19-7-4-6-17-14-23-11-10-18(17)19/h4,6-7,10-11,13-16H,2-3,5,8-9,12H2,1H3. The lowest BCUT2D eigenvalue weighted by Gasteiger charge is -2.34. The van der Waals surface area contributed by atoms with E-state index in [0.29, 0.717) is 12.0 Å². The van der Waals surface area contributed by atoms with Crippen LogP contribution in [0.5, 0.6) is 0 Å². The minimum Gasteiger partial charge on any atom is -0.354 e. The molecular weight excluding hydrogens is 320 g/mol. The minimum absolute atomic E-state index is 0.551. The van der Waals surface area contributed by atoms with Crippen LogP contribution >= 0.6 is 0 Å². The molecule has 2 aromatic heterocycles. The van der Waals surface area contributed by atoms with Crippen molar-refractivity contribution in [1.82, 2.24) is 15.0 Å². The van der Waals surface area contributed by atoms with Gasteiger partial charge in [-0.2, -0.15) is 0 Å². The lowest BCUT2D eigenvalue weighted by atomic mass is 10.0. The van der Waals surface area contributed by atoms with Crippen LogP contribution in [0.1, 0.15) is 50.6 Å². The van der Waals surface area contributed by atoms with Crippen molar-refractivity contribution in [3.05, 3.63) is 48.4 Å². The molecule has 1 saturated carbocycles. The number of pyridine rings is 1. The van der Waals surface area contributed by atoms with Crippen molar-refractivity contribution in [2.75, 3.05) is 11.4 Å². The predicted octanol–water partition coefficient (Wildman–Crippen LogP) is 4.95. The molecule has 4 heteroatoms. The van der Waals surface area contributed by atoms with E-state index in [-0.39, 0.29) is 0 Å². The Kier molecular flexibility index (Phi) is 3.84. The first-order valence-corrected chi connectivity index (χ1v) is 9.78. The fourth-order valence-corrected chi connectivity index (χ4v) is 4.06. The molecule has 1 unspecified atom stereocenters. The molecule has 5 rings (SSSR count). The van der Waals surface area contributed by atoms with E-state index in [1.807, 2.05) is 12.4 Å². The number of aromatic nitrogens is 3. The number of hydrogen-bond donors (Lipinski definition) is 0. The normalized spacial score (nSPS) is 20.5. The van der Waals surface area contributed by atoms with Gasteiger partial charge in [-0.3, -0.25) is 4.98 Å². The predicted molar refractivity (Wildman–Crippen MR) is 105 cm³/mol. The number of nitrogens with zero attached hydrogens (tertiary/aromatic N) is 4. The molecule has 2 aliphatic rings. The SMILES string of the molecule is CC1CCCCN1c1cc(C2CC2)nc(-c2cccc3cnccc23)n1. The highest BCUT2D eigenvalue weighted by Crippen LogP contribution is 2.41. The zero-order chi connectivity index (χ0) is 17.5. The molecule has 1 atom stereocenters. The highest BCUT2D eigenvalue weighted by Gasteiger charge is 2.28. The van der Waals surface area contributed by atoms with Gasteiger partial charge in [0.2, 0.25) is 0 Å². The summed E-state index contributed by atoms with van der Waals surface area (Å²) in [6.07, 6.45) is 10.1. The molecule has 1 aliphatic heterocycles. The molecule has 0 spiro atoms.